The maximum Gasteiger partial charge on any atom is 0.372 e. The molecule has 0 N–H and O–H groups in total. The van der Waals surface area contributed by atoms with E-state index in [2.05, 4.69) is 5.16 Å². The second-order valence-corrected chi connectivity index (χ2v) is 6.53. The molecule has 0 saturated heterocycles. The molecule has 0 aliphatic heterocycles. The molecule has 0 aromatic heterocycles. The highest BCUT2D eigenvalue weighted by Gasteiger charge is 2.08. The average Bonchev–Trinajstić information content (AvgIpc) is 2.57. The molecule has 0 spiro atoms. The fourth-order valence-corrected chi connectivity index (χ4v) is 2.62. The highest BCUT2D eigenvalue weighted by Crippen LogP contribution is 2.22. The third-order valence-electron chi connectivity index (χ3n) is 3.67. The van der Waals surface area contributed by atoms with E-state index in [0.29, 0.717) is 27.9 Å². The van der Waals surface area contributed by atoms with Crippen molar-refractivity contribution in [2.45, 2.75) is 27.2 Å². The van der Waals surface area contributed by atoms with Gasteiger partial charge >= 0.3 is 5.97 Å². The second-order valence-electron chi connectivity index (χ2n) is 5.69. The third kappa shape index (κ3) is 5.76. The molecule has 0 bridgehead atoms. The number of carbonyl (C=O) groups excluding carboxylic acids is 1. The van der Waals surface area contributed by atoms with Crippen molar-refractivity contribution in [1.82, 2.24) is 0 Å². The number of hydrogen-bond donors (Lipinski definition) is 0. The summed E-state index contributed by atoms with van der Waals surface area (Å²) in [5.41, 5.74) is 3.56. The Kier molecular flexibility index (Phi) is 6.85. The Balaban J connectivity index is 1.87. The van der Waals surface area contributed by atoms with Crippen LogP contribution in [0.2, 0.25) is 10.0 Å². The fourth-order valence-electron chi connectivity index (χ4n) is 2.15. The van der Waals surface area contributed by atoms with Gasteiger partial charge in [-0.05, 0) is 55.7 Å². The molecule has 2 rings (SSSR count). The summed E-state index contributed by atoms with van der Waals surface area (Å²) in [6, 6.07) is 10.9. The van der Waals surface area contributed by atoms with Crippen LogP contribution in [0.1, 0.15) is 23.6 Å². The Morgan fingerprint density at radius 2 is 1.92 bits per heavy atom. The second kappa shape index (κ2) is 8.88. The van der Waals surface area contributed by atoms with Crippen LogP contribution in [0.25, 0.3) is 0 Å². The van der Waals surface area contributed by atoms with Crippen LogP contribution in [0.15, 0.2) is 41.6 Å². The quantitative estimate of drug-likeness (QED) is 0.396. The van der Waals surface area contributed by atoms with Gasteiger partial charge in [0, 0.05) is 16.5 Å². The lowest BCUT2D eigenvalue weighted by atomic mass is 10.1. The first-order chi connectivity index (χ1) is 11.9. The number of nitrogens with zero attached hydrogens (tertiary/aromatic N) is 1. The first kappa shape index (κ1) is 19.3. The number of oxime groups is 1. The summed E-state index contributed by atoms with van der Waals surface area (Å²) in [6.07, 6.45) is 0.459. The van der Waals surface area contributed by atoms with Gasteiger partial charge in [-0.3, -0.25) is 0 Å². The van der Waals surface area contributed by atoms with E-state index in [1.54, 1.807) is 19.1 Å². The fraction of sp³-hybridized carbons (Fsp3) is 0.263. The number of rotatable bonds is 6. The molecule has 0 radical (unpaired) electrons. The highest BCUT2D eigenvalue weighted by atomic mass is 35.5. The highest BCUT2D eigenvalue weighted by molar-refractivity contribution is 6.35. The standard InChI is InChI=1S/C19H19Cl2NO3/c1-12-5-4-6-18(14(12)3)24-11-19(23)25-22-13(2)9-15-7-8-16(20)10-17(15)21/h4-8,10H,9,11H2,1-3H3/b22-13+. The predicted molar refractivity (Wildman–Crippen MR) is 101 cm³/mol. The van der Waals surface area contributed by atoms with Crippen LogP contribution in [-0.2, 0) is 16.1 Å². The van der Waals surface area contributed by atoms with E-state index in [4.69, 9.17) is 32.8 Å². The molecule has 2 aromatic carbocycles. The zero-order valence-electron chi connectivity index (χ0n) is 14.3. The summed E-state index contributed by atoms with van der Waals surface area (Å²) in [4.78, 5) is 16.7. The summed E-state index contributed by atoms with van der Waals surface area (Å²) in [6.45, 7) is 5.47. The molecular formula is C19H19Cl2NO3. The van der Waals surface area contributed by atoms with Crippen LogP contribution >= 0.6 is 23.2 Å². The molecule has 6 heteroatoms. The van der Waals surface area contributed by atoms with Crippen molar-refractivity contribution >= 4 is 34.9 Å². The van der Waals surface area contributed by atoms with Gasteiger partial charge in [-0.2, -0.15) is 0 Å². The number of halogens is 2. The van der Waals surface area contributed by atoms with Crippen molar-refractivity contribution in [3.63, 3.8) is 0 Å². The van der Waals surface area contributed by atoms with Gasteiger partial charge in [-0.15, -0.1) is 0 Å². The van der Waals surface area contributed by atoms with E-state index in [0.717, 1.165) is 16.7 Å². The van der Waals surface area contributed by atoms with Crippen molar-refractivity contribution < 1.29 is 14.4 Å². The maximum absolute atomic E-state index is 11.8. The summed E-state index contributed by atoms with van der Waals surface area (Å²) in [7, 11) is 0. The topological polar surface area (TPSA) is 47.9 Å². The molecule has 0 saturated carbocycles. The van der Waals surface area contributed by atoms with Crippen molar-refractivity contribution in [2.24, 2.45) is 5.16 Å². The molecule has 2 aromatic rings. The number of carbonyl (C=O) groups is 1. The van der Waals surface area contributed by atoms with Gasteiger partial charge in [-0.1, -0.05) is 46.6 Å². The smallest absolute Gasteiger partial charge is 0.372 e. The molecule has 0 heterocycles. The normalized spacial score (nSPS) is 11.3. The monoisotopic (exact) mass is 379 g/mol. The molecular weight excluding hydrogens is 361 g/mol. The average molecular weight is 380 g/mol. The predicted octanol–water partition coefficient (Wildman–Crippen LogP) is 5.15. The van der Waals surface area contributed by atoms with Crippen LogP contribution in [-0.4, -0.2) is 18.3 Å². The molecule has 0 fully saturated rings. The molecule has 0 unspecified atom stereocenters. The van der Waals surface area contributed by atoms with Crippen LogP contribution in [0.4, 0.5) is 0 Å². The Morgan fingerprint density at radius 1 is 1.16 bits per heavy atom. The molecule has 0 aliphatic carbocycles. The van der Waals surface area contributed by atoms with Gasteiger partial charge < -0.3 is 9.57 Å². The molecule has 4 nitrogen and oxygen atoms in total. The first-order valence-corrected chi connectivity index (χ1v) is 8.48. The molecule has 0 aliphatic rings. The zero-order chi connectivity index (χ0) is 18.4. The van der Waals surface area contributed by atoms with Gasteiger partial charge in [0.15, 0.2) is 6.61 Å². The summed E-state index contributed by atoms with van der Waals surface area (Å²) < 4.78 is 5.48. The lowest BCUT2D eigenvalue weighted by Crippen LogP contribution is -2.14. The Labute approximate surface area is 157 Å². The minimum Gasteiger partial charge on any atom is -0.482 e. The van der Waals surface area contributed by atoms with Crippen molar-refractivity contribution in [2.75, 3.05) is 6.61 Å². The van der Waals surface area contributed by atoms with Crippen LogP contribution < -0.4 is 4.74 Å². The van der Waals surface area contributed by atoms with Crippen molar-refractivity contribution in [1.29, 1.82) is 0 Å². The van der Waals surface area contributed by atoms with E-state index < -0.39 is 5.97 Å². The lowest BCUT2D eigenvalue weighted by molar-refractivity contribution is -0.146. The summed E-state index contributed by atoms with van der Waals surface area (Å²) in [5.74, 6) is 0.0908. The largest absolute Gasteiger partial charge is 0.482 e. The molecule has 132 valence electrons. The minimum absolute atomic E-state index is 0.206. The Morgan fingerprint density at radius 3 is 2.64 bits per heavy atom. The van der Waals surface area contributed by atoms with E-state index in [1.807, 2.05) is 38.1 Å². The summed E-state index contributed by atoms with van der Waals surface area (Å²) in [5, 5.41) is 4.95. The van der Waals surface area contributed by atoms with Gasteiger partial charge in [0.05, 0.1) is 5.71 Å². The van der Waals surface area contributed by atoms with Gasteiger partial charge in [0.2, 0.25) is 0 Å². The lowest BCUT2D eigenvalue weighted by Gasteiger charge is -2.09. The Bertz CT molecular complexity index is 803. The van der Waals surface area contributed by atoms with Gasteiger partial charge in [0.25, 0.3) is 0 Å². The third-order valence-corrected chi connectivity index (χ3v) is 4.25. The van der Waals surface area contributed by atoms with E-state index in [9.17, 15) is 4.79 Å². The van der Waals surface area contributed by atoms with E-state index >= 15 is 0 Å². The number of benzene rings is 2. The number of hydrogen-bond acceptors (Lipinski definition) is 4. The molecule has 0 amide bonds. The number of aryl methyl sites for hydroxylation is 1. The maximum atomic E-state index is 11.8. The van der Waals surface area contributed by atoms with E-state index in [-0.39, 0.29) is 6.61 Å². The van der Waals surface area contributed by atoms with Crippen molar-refractivity contribution in [3.05, 3.63) is 63.1 Å². The Hall–Kier alpha value is -2.04. The molecule has 0 atom stereocenters. The van der Waals surface area contributed by atoms with Crippen LogP contribution in [0, 0.1) is 13.8 Å². The van der Waals surface area contributed by atoms with E-state index in [1.165, 1.54) is 0 Å². The number of ether oxygens (including phenoxy) is 1. The minimum atomic E-state index is -0.567. The van der Waals surface area contributed by atoms with Crippen LogP contribution in [0.3, 0.4) is 0 Å². The SMILES string of the molecule is C/C(Cc1ccc(Cl)cc1Cl)=N\OC(=O)COc1cccc(C)c1C. The van der Waals surface area contributed by atoms with Crippen LogP contribution in [0.5, 0.6) is 5.75 Å². The van der Waals surface area contributed by atoms with Crippen molar-refractivity contribution in [3.8, 4) is 5.75 Å². The van der Waals surface area contributed by atoms with Gasteiger partial charge in [-0.25, -0.2) is 4.79 Å². The molecule has 25 heavy (non-hydrogen) atoms. The summed E-state index contributed by atoms with van der Waals surface area (Å²) >= 11 is 12.0. The zero-order valence-corrected chi connectivity index (χ0v) is 15.8. The van der Waals surface area contributed by atoms with Gasteiger partial charge in [0.1, 0.15) is 5.75 Å². The first-order valence-electron chi connectivity index (χ1n) is 7.73.